The maximum Gasteiger partial charge on any atom is 0.303 e. The summed E-state index contributed by atoms with van der Waals surface area (Å²) in [5, 5.41) is 8.45. The number of rotatable bonds is 13. The summed E-state index contributed by atoms with van der Waals surface area (Å²) in [5.74, 6) is -0.428. The van der Waals surface area contributed by atoms with Crippen molar-refractivity contribution in [1.82, 2.24) is 0 Å². The van der Waals surface area contributed by atoms with E-state index in [1.54, 1.807) is 0 Å². The van der Waals surface area contributed by atoms with E-state index >= 15 is 0 Å². The molecule has 0 aromatic rings. The van der Waals surface area contributed by atoms with Crippen molar-refractivity contribution < 1.29 is 14.7 Å². The fraction of sp³-hybridized carbons (Fsp3) is 0.857. The molecule has 0 atom stereocenters. The predicted molar refractivity (Wildman–Crippen MR) is 72.5 cm³/mol. The molecule has 4 nitrogen and oxygen atoms in total. The Labute approximate surface area is 110 Å². The van der Waals surface area contributed by atoms with Gasteiger partial charge in [0.2, 0.25) is 0 Å². The van der Waals surface area contributed by atoms with Crippen LogP contribution in [0.5, 0.6) is 0 Å². The van der Waals surface area contributed by atoms with E-state index in [2.05, 4.69) is 0 Å². The van der Waals surface area contributed by atoms with Crippen LogP contribution >= 0.6 is 0 Å². The lowest BCUT2D eigenvalue weighted by Crippen LogP contribution is -1.99. The van der Waals surface area contributed by atoms with Gasteiger partial charge in [-0.3, -0.25) is 9.59 Å². The lowest BCUT2D eigenvalue weighted by Gasteiger charge is -2.01. The third-order valence-corrected chi connectivity index (χ3v) is 3.01. The highest BCUT2D eigenvalue weighted by molar-refractivity contribution is 5.78. The molecule has 0 rings (SSSR count). The summed E-state index contributed by atoms with van der Waals surface area (Å²) in [4.78, 5) is 21.8. The van der Waals surface area contributed by atoms with E-state index in [-0.39, 0.29) is 6.42 Å². The minimum absolute atomic E-state index is 0.218. The Morgan fingerprint density at radius 1 is 0.722 bits per heavy atom. The second-order valence-electron chi connectivity index (χ2n) is 4.80. The van der Waals surface area contributed by atoms with Gasteiger partial charge in [-0.1, -0.05) is 25.7 Å². The number of nitrogens with two attached hydrogens (primary N) is 1. The number of carbonyl (C=O) groups is 2. The van der Waals surface area contributed by atoms with E-state index < -0.39 is 5.97 Å². The first-order chi connectivity index (χ1) is 8.66. The summed E-state index contributed by atoms with van der Waals surface area (Å²) in [6.45, 7) is 0.759. The van der Waals surface area contributed by atoms with Crippen LogP contribution in [0.4, 0.5) is 0 Å². The second-order valence-corrected chi connectivity index (χ2v) is 4.80. The van der Waals surface area contributed by atoms with Gasteiger partial charge in [0.25, 0.3) is 0 Å². The topological polar surface area (TPSA) is 80.4 Å². The Kier molecular flexibility index (Phi) is 11.9. The second kappa shape index (κ2) is 12.6. The van der Waals surface area contributed by atoms with E-state index in [9.17, 15) is 9.59 Å². The maximum atomic E-state index is 11.5. The van der Waals surface area contributed by atoms with Gasteiger partial charge in [-0.25, -0.2) is 0 Å². The number of unbranched alkanes of at least 4 members (excludes halogenated alkanes) is 6. The molecule has 106 valence electrons. The first-order valence-corrected chi connectivity index (χ1v) is 7.10. The summed E-state index contributed by atoms with van der Waals surface area (Å²) >= 11 is 0. The van der Waals surface area contributed by atoms with E-state index in [0.717, 1.165) is 38.6 Å². The van der Waals surface area contributed by atoms with Crippen LogP contribution in [0, 0.1) is 0 Å². The minimum Gasteiger partial charge on any atom is -0.481 e. The molecule has 0 aliphatic rings. The lowest BCUT2D eigenvalue weighted by atomic mass is 10.0. The quantitative estimate of drug-likeness (QED) is 0.497. The predicted octanol–water partition coefficient (Wildman–Crippen LogP) is 2.89. The number of aliphatic carboxylic acids is 1. The molecular weight excluding hydrogens is 230 g/mol. The van der Waals surface area contributed by atoms with Crippen LogP contribution in [0.3, 0.4) is 0 Å². The zero-order valence-corrected chi connectivity index (χ0v) is 11.3. The molecule has 0 radical (unpaired) electrons. The van der Waals surface area contributed by atoms with Gasteiger partial charge in [0.05, 0.1) is 0 Å². The summed E-state index contributed by atoms with van der Waals surface area (Å²) < 4.78 is 0. The van der Waals surface area contributed by atoms with Gasteiger partial charge in [0, 0.05) is 19.3 Å². The molecule has 0 aromatic carbocycles. The van der Waals surface area contributed by atoms with Crippen molar-refractivity contribution in [1.29, 1.82) is 0 Å². The third-order valence-electron chi connectivity index (χ3n) is 3.01. The van der Waals surface area contributed by atoms with Crippen molar-refractivity contribution >= 4 is 11.8 Å². The van der Waals surface area contributed by atoms with Crippen molar-refractivity contribution in [2.24, 2.45) is 5.73 Å². The molecule has 0 fully saturated rings. The van der Waals surface area contributed by atoms with Crippen LogP contribution in [-0.2, 0) is 9.59 Å². The largest absolute Gasteiger partial charge is 0.481 e. The first kappa shape index (κ1) is 17.1. The normalized spacial score (nSPS) is 10.5. The fourth-order valence-corrected chi connectivity index (χ4v) is 1.90. The van der Waals surface area contributed by atoms with Crippen LogP contribution in [0.25, 0.3) is 0 Å². The molecule has 0 aromatic heterocycles. The number of carboxylic acid groups (broad SMARTS) is 1. The lowest BCUT2D eigenvalue weighted by molar-refractivity contribution is -0.137. The number of ketones is 1. The standard InChI is InChI=1S/C14H27NO3/c15-12-8-3-1-2-5-9-13(16)10-6-4-7-11-14(17)18/h1-12,15H2,(H,17,18). The Morgan fingerprint density at radius 2 is 1.17 bits per heavy atom. The summed E-state index contributed by atoms with van der Waals surface area (Å²) in [6, 6.07) is 0. The monoisotopic (exact) mass is 257 g/mol. The molecule has 18 heavy (non-hydrogen) atoms. The molecule has 0 aliphatic heterocycles. The van der Waals surface area contributed by atoms with Crippen LogP contribution < -0.4 is 5.73 Å². The Morgan fingerprint density at radius 3 is 1.72 bits per heavy atom. The zero-order valence-electron chi connectivity index (χ0n) is 11.3. The smallest absolute Gasteiger partial charge is 0.303 e. The Hall–Kier alpha value is -0.900. The molecule has 4 heteroatoms. The number of hydrogen-bond acceptors (Lipinski definition) is 3. The van der Waals surface area contributed by atoms with Crippen LogP contribution in [0.2, 0.25) is 0 Å². The molecule has 0 amide bonds. The van der Waals surface area contributed by atoms with Crippen molar-refractivity contribution in [3.63, 3.8) is 0 Å². The van der Waals surface area contributed by atoms with Gasteiger partial charge in [-0.05, 0) is 32.2 Å². The van der Waals surface area contributed by atoms with Crippen LogP contribution in [-0.4, -0.2) is 23.4 Å². The number of carboxylic acids is 1. The zero-order chi connectivity index (χ0) is 13.6. The highest BCUT2D eigenvalue weighted by Gasteiger charge is 2.02. The van der Waals surface area contributed by atoms with Crippen molar-refractivity contribution in [3.8, 4) is 0 Å². The van der Waals surface area contributed by atoms with E-state index in [0.29, 0.717) is 25.0 Å². The average molecular weight is 257 g/mol. The molecule has 0 bridgehead atoms. The Bertz CT molecular complexity index is 229. The maximum absolute atomic E-state index is 11.5. The number of Topliss-reactive ketones (excluding diaryl/α,β-unsaturated/α-hetero) is 1. The number of hydrogen-bond donors (Lipinski definition) is 2. The summed E-state index contributed by atoms with van der Waals surface area (Å²) in [5.41, 5.74) is 5.40. The molecule has 0 saturated heterocycles. The van der Waals surface area contributed by atoms with Crippen molar-refractivity contribution in [2.45, 2.75) is 70.6 Å². The molecule has 0 spiro atoms. The SMILES string of the molecule is NCCCCCCCC(=O)CCCCCC(=O)O. The van der Waals surface area contributed by atoms with E-state index in [1.807, 2.05) is 0 Å². The van der Waals surface area contributed by atoms with Gasteiger partial charge in [0.15, 0.2) is 0 Å². The minimum atomic E-state index is -0.751. The molecule has 0 saturated carbocycles. The van der Waals surface area contributed by atoms with Crippen LogP contribution in [0.1, 0.15) is 70.6 Å². The number of carbonyl (C=O) groups excluding carboxylic acids is 1. The van der Waals surface area contributed by atoms with Gasteiger partial charge in [-0.2, -0.15) is 0 Å². The molecular formula is C14H27NO3. The first-order valence-electron chi connectivity index (χ1n) is 7.10. The fourth-order valence-electron chi connectivity index (χ4n) is 1.90. The van der Waals surface area contributed by atoms with Gasteiger partial charge < -0.3 is 10.8 Å². The molecule has 0 unspecified atom stereocenters. The third kappa shape index (κ3) is 13.2. The summed E-state index contributed by atoms with van der Waals surface area (Å²) in [7, 11) is 0. The highest BCUT2D eigenvalue weighted by Crippen LogP contribution is 2.09. The Balaban J connectivity index is 3.20. The molecule has 0 aliphatic carbocycles. The van der Waals surface area contributed by atoms with Gasteiger partial charge >= 0.3 is 5.97 Å². The van der Waals surface area contributed by atoms with Crippen molar-refractivity contribution in [2.75, 3.05) is 6.54 Å². The molecule has 3 N–H and O–H groups in total. The van der Waals surface area contributed by atoms with Crippen molar-refractivity contribution in [3.05, 3.63) is 0 Å². The summed E-state index contributed by atoms with van der Waals surface area (Å²) in [6.07, 6.45) is 9.39. The van der Waals surface area contributed by atoms with Crippen LogP contribution in [0.15, 0.2) is 0 Å². The highest BCUT2D eigenvalue weighted by atomic mass is 16.4. The van der Waals surface area contributed by atoms with Gasteiger partial charge in [-0.15, -0.1) is 0 Å². The van der Waals surface area contributed by atoms with Gasteiger partial charge in [0.1, 0.15) is 5.78 Å². The van der Waals surface area contributed by atoms with E-state index in [1.165, 1.54) is 12.8 Å². The van der Waals surface area contributed by atoms with E-state index in [4.69, 9.17) is 10.8 Å². The average Bonchev–Trinajstić information content (AvgIpc) is 2.33. The molecule has 0 heterocycles.